The molecular formula is C19H14Cl2F2N2O2. The predicted octanol–water partition coefficient (Wildman–Crippen LogP) is 5.52. The first-order chi connectivity index (χ1) is 12.9. The Morgan fingerprint density at radius 1 is 1.26 bits per heavy atom. The first-order valence-electron chi connectivity index (χ1n) is 7.87. The Morgan fingerprint density at radius 3 is 2.70 bits per heavy atom. The lowest BCUT2D eigenvalue weighted by Crippen LogP contribution is -2.03. The van der Waals surface area contributed by atoms with Gasteiger partial charge in [0.15, 0.2) is 0 Å². The highest BCUT2D eigenvalue weighted by Gasteiger charge is 2.15. The molecule has 0 amide bonds. The Kier molecular flexibility index (Phi) is 5.77. The molecule has 27 heavy (non-hydrogen) atoms. The van der Waals surface area contributed by atoms with Crippen LogP contribution >= 0.6 is 23.2 Å². The molecule has 3 rings (SSSR count). The number of carbonyl (C=O) groups excluding carboxylic acids is 1. The van der Waals surface area contributed by atoms with Gasteiger partial charge in [0.05, 0.1) is 24.9 Å². The number of alkyl halides is 2. The quantitative estimate of drug-likeness (QED) is 0.411. The predicted molar refractivity (Wildman–Crippen MR) is 101 cm³/mol. The van der Waals surface area contributed by atoms with Gasteiger partial charge in [0.2, 0.25) is 0 Å². The van der Waals surface area contributed by atoms with Crippen molar-refractivity contribution in [3.05, 3.63) is 69.3 Å². The summed E-state index contributed by atoms with van der Waals surface area (Å²) in [5, 5.41) is 6.01. The topological polar surface area (TPSA) is 44.1 Å². The molecule has 0 spiro atoms. The number of ether oxygens (including phenoxy) is 1. The van der Waals surface area contributed by atoms with Gasteiger partial charge < -0.3 is 4.74 Å². The third kappa shape index (κ3) is 4.28. The maximum atomic E-state index is 13.1. The van der Waals surface area contributed by atoms with Crippen LogP contribution in [0.15, 0.2) is 42.5 Å². The number of nitrogens with zero attached hydrogens (tertiary/aromatic N) is 2. The van der Waals surface area contributed by atoms with E-state index in [9.17, 15) is 13.6 Å². The van der Waals surface area contributed by atoms with Crippen molar-refractivity contribution in [3.63, 3.8) is 0 Å². The number of hydrogen-bond acceptors (Lipinski definition) is 3. The van der Waals surface area contributed by atoms with E-state index < -0.39 is 12.4 Å². The molecule has 0 aliphatic heterocycles. The Hall–Kier alpha value is -2.44. The Morgan fingerprint density at radius 2 is 2.04 bits per heavy atom. The minimum Gasteiger partial charge on any atom is -0.466 e. The summed E-state index contributed by atoms with van der Waals surface area (Å²) in [6.07, 6.45) is 0.101. The van der Waals surface area contributed by atoms with E-state index in [-0.39, 0.29) is 12.1 Å². The molecule has 0 atom stereocenters. The van der Waals surface area contributed by atoms with Gasteiger partial charge in [0.25, 0.3) is 6.43 Å². The number of fused-ring (bicyclic) bond motifs is 1. The zero-order chi connectivity index (χ0) is 19.6. The van der Waals surface area contributed by atoms with Crippen LogP contribution in [0.5, 0.6) is 0 Å². The summed E-state index contributed by atoms with van der Waals surface area (Å²) in [6.45, 7) is 0.255. The Bertz CT molecular complexity index is 1030. The molecule has 0 radical (unpaired) electrons. The highest BCUT2D eigenvalue weighted by atomic mass is 35.5. The first-order valence-corrected chi connectivity index (χ1v) is 8.63. The number of methoxy groups -OCH3 is 1. The summed E-state index contributed by atoms with van der Waals surface area (Å²) in [4.78, 5) is 11.4. The van der Waals surface area contributed by atoms with Gasteiger partial charge in [-0.1, -0.05) is 41.4 Å². The summed E-state index contributed by atoms with van der Waals surface area (Å²) in [6, 6.07) is 9.32. The molecular weight excluding hydrogens is 397 g/mol. The fourth-order valence-electron chi connectivity index (χ4n) is 2.62. The zero-order valence-electron chi connectivity index (χ0n) is 14.1. The highest BCUT2D eigenvalue weighted by molar-refractivity contribution is 6.35. The second-order valence-electron chi connectivity index (χ2n) is 5.71. The van der Waals surface area contributed by atoms with E-state index in [0.29, 0.717) is 26.6 Å². The van der Waals surface area contributed by atoms with Crippen molar-refractivity contribution in [2.75, 3.05) is 7.11 Å². The molecule has 4 nitrogen and oxygen atoms in total. The average Bonchev–Trinajstić information content (AvgIpc) is 2.99. The van der Waals surface area contributed by atoms with Crippen LogP contribution in [0, 0.1) is 0 Å². The van der Waals surface area contributed by atoms with Gasteiger partial charge in [-0.05, 0) is 29.8 Å². The Labute approximate surface area is 163 Å². The average molecular weight is 411 g/mol. The number of carbonyl (C=O) groups is 1. The fourth-order valence-corrected chi connectivity index (χ4v) is 3.09. The SMILES string of the molecule is COC(=O)C=Cc1nn(Cc2ccc(Cl)cc2Cl)c2cc(C(F)F)ccc12. The van der Waals surface area contributed by atoms with Gasteiger partial charge in [-0.3, -0.25) is 4.68 Å². The monoisotopic (exact) mass is 410 g/mol. The molecule has 0 saturated carbocycles. The molecule has 2 aromatic carbocycles. The minimum absolute atomic E-state index is 0.116. The van der Waals surface area contributed by atoms with Crippen LogP contribution in [0.1, 0.15) is 23.2 Å². The van der Waals surface area contributed by atoms with Gasteiger partial charge in [0.1, 0.15) is 0 Å². The van der Waals surface area contributed by atoms with Crippen molar-refractivity contribution in [2.45, 2.75) is 13.0 Å². The van der Waals surface area contributed by atoms with Crippen molar-refractivity contribution >= 4 is 46.2 Å². The molecule has 8 heteroatoms. The van der Waals surface area contributed by atoms with E-state index in [1.165, 1.54) is 31.4 Å². The fraction of sp³-hybridized carbons (Fsp3) is 0.158. The second kappa shape index (κ2) is 8.06. The second-order valence-corrected chi connectivity index (χ2v) is 6.56. The zero-order valence-corrected chi connectivity index (χ0v) is 15.6. The van der Waals surface area contributed by atoms with E-state index in [2.05, 4.69) is 9.84 Å². The van der Waals surface area contributed by atoms with Crippen LogP contribution in [0.25, 0.3) is 17.0 Å². The number of hydrogen-bond donors (Lipinski definition) is 0. The molecule has 0 bridgehead atoms. The summed E-state index contributed by atoms with van der Waals surface area (Å²) < 4.78 is 32.4. The third-order valence-electron chi connectivity index (χ3n) is 3.97. The van der Waals surface area contributed by atoms with Crippen molar-refractivity contribution in [2.24, 2.45) is 0 Å². The normalized spacial score (nSPS) is 11.6. The van der Waals surface area contributed by atoms with Crippen molar-refractivity contribution in [1.82, 2.24) is 9.78 Å². The van der Waals surface area contributed by atoms with Gasteiger partial charge in [-0.2, -0.15) is 5.10 Å². The van der Waals surface area contributed by atoms with Crippen LogP contribution in [-0.4, -0.2) is 22.9 Å². The lowest BCUT2D eigenvalue weighted by atomic mass is 10.1. The maximum absolute atomic E-state index is 13.1. The molecule has 3 aromatic rings. The number of rotatable bonds is 5. The number of halogens is 4. The number of benzene rings is 2. The van der Waals surface area contributed by atoms with Crippen LogP contribution in [0.2, 0.25) is 10.0 Å². The molecule has 1 heterocycles. The van der Waals surface area contributed by atoms with Crippen LogP contribution in [-0.2, 0) is 16.1 Å². The lowest BCUT2D eigenvalue weighted by Gasteiger charge is -2.07. The van der Waals surface area contributed by atoms with Crippen LogP contribution < -0.4 is 0 Å². The first kappa shape index (κ1) is 19.3. The van der Waals surface area contributed by atoms with Gasteiger partial charge in [0, 0.05) is 27.1 Å². The van der Waals surface area contributed by atoms with E-state index in [1.54, 1.807) is 28.9 Å². The molecule has 1 aromatic heterocycles. The van der Waals surface area contributed by atoms with Gasteiger partial charge in [-0.15, -0.1) is 0 Å². The van der Waals surface area contributed by atoms with Crippen LogP contribution in [0.4, 0.5) is 8.78 Å². The molecule has 0 aliphatic rings. The van der Waals surface area contributed by atoms with E-state index in [0.717, 1.165) is 5.56 Å². The third-order valence-corrected chi connectivity index (χ3v) is 4.56. The van der Waals surface area contributed by atoms with Gasteiger partial charge in [-0.25, -0.2) is 13.6 Å². The van der Waals surface area contributed by atoms with Crippen molar-refractivity contribution in [1.29, 1.82) is 0 Å². The van der Waals surface area contributed by atoms with E-state index in [4.69, 9.17) is 23.2 Å². The minimum atomic E-state index is -2.61. The molecule has 0 N–H and O–H groups in total. The summed E-state index contributed by atoms with van der Waals surface area (Å²) in [7, 11) is 1.26. The smallest absolute Gasteiger partial charge is 0.330 e. The van der Waals surface area contributed by atoms with Gasteiger partial charge >= 0.3 is 5.97 Å². The number of aromatic nitrogens is 2. The molecule has 140 valence electrons. The molecule has 0 fully saturated rings. The Balaban J connectivity index is 2.10. The van der Waals surface area contributed by atoms with Crippen LogP contribution in [0.3, 0.4) is 0 Å². The van der Waals surface area contributed by atoms with Crippen molar-refractivity contribution in [3.8, 4) is 0 Å². The summed E-state index contributed by atoms with van der Waals surface area (Å²) in [5.74, 6) is -0.539. The summed E-state index contributed by atoms with van der Waals surface area (Å²) >= 11 is 12.1. The van der Waals surface area contributed by atoms with E-state index >= 15 is 0 Å². The molecule has 0 aliphatic carbocycles. The lowest BCUT2D eigenvalue weighted by molar-refractivity contribution is -0.134. The van der Waals surface area contributed by atoms with E-state index in [1.807, 2.05) is 0 Å². The summed E-state index contributed by atoms with van der Waals surface area (Å²) in [5.41, 5.74) is 1.58. The number of esters is 1. The highest BCUT2D eigenvalue weighted by Crippen LogP contribution is 2.28. The van der Waals surface area contributed by atoms with Crippen molar-refractivity contribution < 1.29 is 18.3 Å². The molecule has 0 unspecified atom stereocenters. The maximum Gasteiger partial charge on any atom is 0.330 e. The standard InChI is InChI=1S/C19H14Cl2F2N2O2/c1-27-18(26)7-6-16-14-5-3-11(19(22)23)8-17(14)25(24-16)10-12-2-4-13(20)9-15(12)21/h2-9,19H,10H2,1H3. The molecule has 0 saturated heterocycles. The largest absolute Gasteiger partial charge is 0.466 e.